The van der Waals surface area contributed by atoms with Crippen LogP contribution in [0, 0.1) is 6.92 Å². The minimum atomic E-state index is 0.170. The van der Waals surface area contributed by atoms with E-state index in [4.69, 9.17) is 8.83 Å². The summed E-state index contributed by atoms with van der Waals surface area (Å²) >= 11 is 3.35. The second-order valence-corrected chi connectivity index (χ2v) is 4.81. The van der Waals surface area contributed by atoms with E-state index in [1.54, 1.807) is 6.26 Å². The number of hydrogen-bond donors (Lipinski definition) is 0. The highest BCUT2D eigenvalue weighted by Crippen LogP contribution is 2.42. The summed E-state index contributed by atoms with van der Waals surface area (Å²) in [4.78, 5) is 6.53. The number of aryl methyl sites for hydroxylation is 1. The lowest BCUT2D eigenvalue weighted by molar-refractivity contribution is 0.476. The van der Waals surface area contributed by atoms with Crippen molar-refractivity contribution in [3.05, 3.63) is 34.3 Å². The van der Waals surface area contributed by atoms with Gasteiger partial charge in [-0.1, -0.05) is 0 Å². The monoisotopic (exact) mass is 282 g/mol. The lowest BCUT2D eigenvalue weighted by atomic mass is 10.1. The molecule has 0 aliphatic carbocycles. The molecule has 1 aliphatic rings. The van der Waals surface area contributed by atoms with Crippen LogP contribution in [0.3, 0.4) is 0 Å². The Kier molecular flexibility index (Phi) is 2.10. The van der Waals surface area contributed by atoms with Crippen LogP contribution in [-0.2, 0) is 0 Å². The van der Waals surface area contributed by atoms with Crippen molar-refractivity contribution < 1.29 is 8.83 Å². The molecule has 3 rings (SSSR count). The van der Waals surface area contributed by atoms with Gasteiger partial charge in [0.2, 0.25) is 0 Å². The molecule has 84 valence electrons. The summed E-state index contributed by atoms with van der Waals surface area (Å²) in [5.41, 5.74) is 2.06. The number of nitrogens with zero attached hydrogens (tertiary/aromatic N) is 2. The molecular formula is C11H11BrN2O2. The first kappa shape index (κ1) is 9.96. The van der Waals surface area contributed by atoms with Crippen molar-refractivity contribution in [2.75, 3.05) is 18.5 Å². The fourth-order valence-corrected chi connectivity index (χ4v) is 2.53. The van der Waals surface area contributed by atoms with Gasteiger partial charge in [-0.05, 0) is 15.9 Å². The molecule has 0 amide bonds. The third-order valence-corrected chi connectivity index (χ3v) is 3.28. The number of furan rings is 1. The number of rotatable bonds is 1. The SMILES string of the molecule is Cc1nc(C2CN(C)c3cc(Br)oc32)co1. The minimum Gasteiger partial charge on any atom is -0.451 e. The molecular weight excluding hydrogens is 272 g/mol. The molecule has 0 N–H and O–H groups in total. The Morgan fingerprint density at radius 1 is 1.56 bits per heavy atom. The van der Waals surface area contributed by atoms with Crippen molar-refractivity contribution >= 4 is 21.6 Å². The molecule has 0 fully saturated rings. The fourth-order valence-electron chi connectivity index (χ4n) is 2.14. The van der Waals surface area contributed by atoms with Crippen LogP contribution in [0.2, 0.25) is 0 Å². The van der Waals surface area contributed by atoms with Gasteiger partial charge in [-0.15, -0.1) is 0 Å². The molecule has 3 heterocycles. The maximum absolute atomic E-state index is 5.67. The first-order valence-corrected chi connectivity index (χ1v) is 5.87. The first-order chi connectivity index (χ1) is 7.65. The fraction of sp³-hybridized carbons (Fsp3) is 0.364. The van der Waals surface area contributed by atoms with Crippen molar-refractivity contribution in [1.29, 1.82) is 0 Å². The number of hydrogen-bond acceptors (Lipinski definition) is 4. The van der Waals surface area contributed by atoms with Gasteiger partial charge in [0.05, 0.1) is 17.3 Å². The predicted octanol–water partition coefficient (Wildman–Crippen LogP) is 2.92. The van der Waals surface area contributed by atoms with Crippen LogP contribution in [0.15, 0.2) is 25.8 Å². The largest absolute Gasteiger partial charge is 0.451 e. The van der Waals surface area contributed by atoms with E-state index in [1.807, 2.05) is 20.0 Å². The quantitative estimate of drug-likeness (QED) is 0.807. The van der Waals surface area contributed by atoms with Gasteiger partial charge in [0, 0.05) is 26.6 Å². The van der Waals surface area contributed by atoms with E-state index in [1.165, 1.54) is 0 Å². The van der Waals surface area contributed by atoms with E-state index in [2.05, 4.69) is 25.8 Å². The number of likely N-dealkylation sites (N-methyl/N-ethyl adjacent to an activating group) is 1. The summed E-state index contributed by atoms with van der Waals surface area (Å²) in [6.07, 6.45) is 1.71. The summed E-state index contributed by atoms with van der Waals surface area (Å²) < 4.78 is 11.7. The van der Waals surface area contributed by atoms with Gasteiger partial charge in [-0.2, -0.15) is 0 Å². The first-order valence-electron chi connectivity index (χ1n) is 5.07. The highest BCUT2D eigenvalue weighted by atomic mass is 79.9. The van der Waals surface area contributed by atoms with E-state index in [0.717, 1.165) is 28.4 Å². The van der Waals surface area contributed by atoms with Crippen LogP contribution in [-0.4, -0.2) is 18.6 Å². The van der Waals surface area contributed by atoms with Gasteiger partial charge in [0.25, 0.3) is 0 Å². The second kappa shape index (κ2) is 3.38. The number of oxazole rings is 1. The molecule has 0 aromatic carbocycles. The van der Waals surface area contributed by atoms with Gasteiger partial charge in [0.1, 0.15) is 12.0 Å². The van der Waals surface area contributed by atoms with Gasteiger partial charge < -0.3 is 13.7 Å². The molecule has 5 heteroatoms. The average molecular weight is 283 g/mol. The molecule has 2 aromatic rings. The van der Waals surface area contributed by atoms with Crippen molar-refractivity contribution in [3.8, 4) is 0 Å². The molecule has 0 spiro atoms. The summed E-state index contributed by atoms with van der Waals surface area (Å²) in [6.45, 7) is 2.73. The van der Waals surface area contributed by atoms with Gasteiger partial charge in [-0.3, -0.25) is 0 Å². The lowest BCUT2D eigenvalue weighted by Gasteiger charge is -2.10. The van der Waals surface area contributed by atoms with Gasteiger partial charge >= 0.3 is 0 Å². The summed E-state index contributed by atoms with van der Waals surface area (Å²) in [6, 6.07) is 1.99. The maximum Gasteiger partial charge on any atom is 0.191 e. The minimum absolute atomic E-state index is 0.170. The normalized spacial score (nSPS) is 19.2. The Balaban J connectivity index is 2.05. The molecule has 1 atom stereocenters. The van der Waals surface area contributed by atoms with Crippen LogP contribution in [0.4, 0.5) is 5.69 Å². The third-order valence-electron chi connectivity index (χ3n) is 2.89. The number of fused-ring (bicyclic) bond motifs is 1. The zero-order valence-corrected chi connectivity index (χ0v) is 10.6. The van der Waals surface area contributed by atoms with E-state index < -0.39 is 0 Å². The van der Waals surface area contributed by atoms with Crippen LogP contribution < -0.4 is 4.90 Å². The van der Waals surface area contributed by atoms with Crippen LogP contribution in [0.5, 0.6) is 0 Å². The van der Waals surface area contributed by atoms with Crippen molar-refractivity contribution in [2.24, 2.45) is 0 Å². The van der Waals surface area contributed by atoms with Crippen LogP contribution in [0.1, 0.15) is 23.3 Å². The maximum atomic E-state index is 5.67. The molecule has 0 bridgehead atoms. The highest BCUT2D eigenvalue weighted by molar-refractivity contribution is 9.10. The highest BCUT2D eigenvalue weighted by Gasteiger charge is 2.33. The van der Waals surface area contributed by atoms with E-state index >= 15 is 0 Å². The van der Waals surface area contributed by atoms with Crippen molar-refractivity contribution in [1.82, 2.24) is 4.98 Å². The molecule has 1 unspecified atom stereocenters. The summed E-state index contributed by atoms with van der Waals surface area (Å²) in [5, 5.41) is 0. The molecule has 16 heavy (non-hydrogen) atoms. The molecule has 0 saturated carbocycles. The Hall–Kier alpha value is -1.23. The van der Waals surface area contributed by atoms with Gasteiger partial charge in [0.15, 0.2) is 10.6 Å². The average Bonchev–Trinajstić information content (AvgIpc) is 2.85. The Labute approximate surface area is 101 Å². The number of halogens is 1. The van der Waals surface area contributed by atoms with E-state index in [0.29, 0.717) is 5.89 Å². The topological polar surface area (TPSA) is 42.4 Å². The van der Waals surface area contributed by atoms with Crippen LogP contribution >= 0.6 is 15.9 Å². The lowest BCUT2D eigenvalue weighted by Crippen LogP contribution is -2.16. The molecule has 2 aromatic heterocycles. The Morgan fingerprint density at radius 3 is 3.06 bits per heavy atom. The van der Waals surface area contributed by atoms with Crippen molar-refractivity contribution in [3.63, 3.8) is 0 Å². The smallest absolute Gasteiger partial charge is 0.191 e. The van der Waals surface area contributed by atoms with E-state index in [-0.39, 0.29) is 5.92 Å². The predicted molar refractivity (Wildman–Crippen MR) is 62.8 cm³/mol. The van der Waals surface area contributed by atoms with Crippen molar-refractivity contribution in [2.45, 2.75) is 12.8 Å². The second-order valence-electron chi connectivity index (χ2n) is 4.02. The number of anilines is 1. The molecule has 4 nitrogen and oxygen atoms in total. The van der Waals surface area contributed by atoms with Crippen LogP contribution in [0.25, 0.3) is 0 Å². The summed E-state index contributed by atoms with van der Waals surface area (Å²) in [7, 11) is 2.05. The summed E-state index contributed by atoms with van der Waals surface area (Å²) in [5.74, 6) is 1.82. The number of aromatic nitrogens is 1. The standard InChI is InChI=1S/C11H11BrN2O2/c1-6-13-8(5-15-6)7-4-14(2)9-3-10(12)16-11(7)9/h3,5,7H,4H2,1-2H3. The Morgan fingerprint density at radius 2 is 2.38 bits per heavy atom. The Bertz CT molecular complexity index is 532. The third kappa shape index (κ3) is 1.38. The molecule has 1 aliphatic heterocycles. The molecule has 0 saturated heterocycles. The van der Waals surface area contributed by atoms with E-state index in [9.17, 15) is 0 Å². The molecule has 0 radical (unpaired) electrons. The zero-order valence-electron chi connectivity index (χ0n) is 9.03. The zero-order chi connectivity index (χ0) is 11.3. The van der Waals surface area contributed by atoms with Gasteiger partial charge in [-0.25, -0.2) is 4.98 Å².